The molecule has 1 unspecified atom stereocenters. The Morgan fingerprint density at radius 2 is 1.85 bits per heavy atom. The van der Waals surface area contributed by atoms with Crippen molar-refractivity contribution in [3.8, 4) is 11.5 Å². The maximum absolute atomic E-state index is 12.6. The van der Waals surface area contributed by atoms with Crippen LogP contribution in [0.2, 0.25) is 0 Å². The van der Waals surface area contributed by atoms with Gasteiger partial charge in [-0.2, -0.15) is 0 Å². The van der Waals surface area contributed by atoms with Crippen molar-refractivity contribution in [1.82, 2.24) is 14.8 Å². The number of ether oxygens (including phenoxy) is 3. The first-order chi connectivity index (χ1) is 16.4. The van der Waals surface area contributed by atoms with Crippen molar-refractivity contribution in [2.45, 2.75) is 45.0 Å². The molecule has 34 heavy (non-hydrogen) atoms. The van der Waals surface area contributed by atoms with Crippen LogP contribution in [-0.2, 0) is 22.5 Å². The number of carbonyl (C=O) groups is 2. The second kappa shape index (κ2) is 11.9. The van der Waals surface area contributed by atoms with Gasteiger partial charge in [-0.25, -0.2) is 4.79 Å². The highest BCUT2D eigenvalue weighted by molar-refractivity contribution is 7.99. The third kappa shape index (κ3) is 6.09. The van der Waals surface area contributed by atoms with Crippen molar-refractivity contribution in [2.24, 2.45) is 0 Å². The normalized spacial score (nSPS) is 11.7. The number of thiophene rings is 1. The number of hydrogen-bond acceptors (Lipinski definition) is 9. The number of amides is 1. The molecule has 0 aliphatic heterocycles. The van der Waals surface area contributed by atoms with Crippen molar-refractivity contribution in [2.75, 3.05) is 25.3 Å². The van der Waals surface area contributed by atoms with Crippen molar-refractivity contribution >= 4 is 40.0 Å². The van der Waals surface area contributed by atoms with Crippen molar-refractivity contribution < 1.29 is 23.8 Å². The summed E-state index contributed by atoms with van der Waals surface area (Å²) in [6.07, 6.45) is 0.420. The number of nitrogens with zero attached hydrogens (tertiary/aromatic N) is 3. The quantitative estimate of drug-likeness (QED) is 0.299. The maximum atomic E-state index is 12.6. The Balaban J connectivity index is 1.65. The molecule has 1 N–H and O–H groups in total. The van der Waals surface area contributed by atoms with Crippen LogP contribution in [0.25, 0.3) is 0 Å². The molecule has 1 amide bonds. The van der Waals surface area contributed by atoms with E-state index in [2.05, 4.69) is 15.5 Å². The van der Waals surface area contributed by atoms with Crippen LogP contribution in [0.1, 0.15) is 47.9 Å². The molecule has 11 heteroatoms. The maximum Gasteiger partial charge on any atom is 0.340 e. The summed E-state index contributed by atoms with van der Waals surface area (Å²) < 4.78 is 17.9. The number of rotatable bonds is 11. The summed E-state index contributed by atoms with van der Waals surface area (Å²) in [6, 6.07) is 9.08. The smallest absolute Gasteiger partial charge is 0.340 e. The lowest BCUT2D eigenvalue weighted by Gasteiger charge is -2.15. The zero-order chi connectivity index (χ0) is 24.7. The van der Waals surface area contributed by atoms with E-state index in [0.717, 1.165) is 17.0 Å². The summed E-state index contributed by atoms with van der Waals surface area (Å²) in [7, 11) is 2.93. The number of thioether (sulfide) groups is 1. The first-order valence-electron chi connectivity index (χ1n) is 10.8. The molecule has 0 bridgehead atoms. The van der Waals surface area contributed by atoms with Crippen LogP contribution in [0.5, 0.6) is 11.5 Å². The number of aromatic nitrogens is 3. The van der Waals surface area contributed by atoms with Gasteiger partial charge in [0.1, 0.15) is 16.5 Å². The Morgan fingerprint density at radius 3 is 2.47 bits per heavy atom. The predicted octanol–water partition coefficient (Wildman–Crippen LogP) is 4.59. The van der Waals surface area contributed by atoms with Gasteiger partial charge in [0.25, 0.3) is 0 Å². The standard InChI is InChI=1S/C23H28N4O5S2/c1-6-17-12-18(22(29)31-5)21(34-17)24-19(28)13-33-23-26-25-20(27(23)7-2)14(3)32-16-10-8-15(30-4)9-11-16/h8-12,14H,6-7,13H2,1-5H3,(H,24,28). The minimum atomic E-state index is -0.472. The largest absolute Gasteiger partial charge is 0.497 e. The van der Waals surface area contributed by atoms with Gasteiger partial charge in [0, 0.05) is 11.4 Å². The van der Waals surface area contributed by atoms with Gasteiger partial charge in [-0.15, -0.1) is 21.5 Å². The fourth-order valence-corrected chi connectivity index (χ4v) is 4.99. The van der Waals surface area contributed by atoms with Crippen LogP contribution < -0.4 is 14.8 Å². The summed E-state index contributed by atoms with van der Waals surface area (Å²) in [5.74, 6) is 1.51. The second-order valence-electron chi connectivity index (χ2n) is 7.16. The highest BCUT2D eigenvalue weighted by Gasteiger charge is 2.21. The van der Waals surface area contributed by atoms with Crippen molar-refractivity contribution in [1.29, 1.82) is 0 Å². The summed E-state index contributed by atoms with van der Waals surface area (Å²) >= 11 is 2.65. The Bertz CT molecular complexity index is 1130. The molecule has 0 aliphatic carbocycles. The summed E-state index contributed by atoms with van der Waals surface area (Å²) in [4.78, 5) is 25.6. The molecule has 3 aromatic rings. The average molecular weight is 505 g/mol. The fourth-order valence-electron chi connectivity index (χ4n) is 3.18. The number of anilines is 1. The lowest BCUT2D eigenvalue weighted by Crippen LogP contribution is -2.16. The third-order valence-electron chi connectivity index (χ3n) is 4.92. The van der Waals surface area contributed by atoms with Gasteiger partial charge in [-0.1, -0.05) is 18.7 Å². The van der Waals surface area contributed by atoms with Crippen molar-refractivity contribution in [3.63, 3.8) is 0 Å². The average Bonchev–Trinajstić information content (AvgIpc) is 3.46. The topological polar surface area (TPSA) is 105 Å². The monoisotopic (exact) mass is 504 g/mol. The SMILES string of the molecule is CCc1cc(C(=O)OC)c(NC(=O)CSc2nnc(C(C)Oc3ccc(OC)cc3)n2CC)s1. The third-order valence-corrected chi connectivity index (χ3v) is 7.08. The molecule has 9 nitrogen and oxygen atoms in total. The molecule has 0 spiro atoms. The Labute approximate surface area is 206 Å². The van der Waals surface area contributed by atoms with E-state index >= 15 is 0 Å². The van der Waals surface area contributed by atoms with Crippen LogP contribution in [0, 0.1) is 0 Å². The Morgan fingerprint density at radius 1 is 1.15 bits per heavy atom. The number of nitrogens with one attached hydrogen (secondary N) is 1. The lowest BCUT2D eigenvalue weighted by molar-refractivity contribution is -0.113. The number of aryl methyl sites for hydroxylation is 1. The van der Waals surface area contributed by atoms with E-state index in [1.165, 1.54) is 30.2 Å². The molecule has 3 rings (SSSR count). The number of methoxy groups -OCH3 is 2. The van der Waals surface area contributed by atoms with Gasteiger partial charge in [-0.3, -0.25) is 4.79 Å². The highest BCUT2D eigenvalue weighted by atomic mass is 32.2. The molecule has 0 radical (unpaired) electrons. The van der Waals surface area contributed by atoms with E-state index in [9.17, 15) is 9.59 Å². The summed E-state index contributed by atoms with van der Waals surface area (Å²) in [6.45, 7) is 6.50. The van der Waals surface area contributed by atoms with E-state index in [4.69, 9.17) is 14.2 Å². The van der Waals surface area contributed by atoms with Gasteiger partial charge in [0.2, 0.25) is 5.91 Å². The molecule has 1 atom stereocenters. The van der Waals surface area contributed by atoms with Gasteiger partial charge in [0.15, 0.2) is 17.1 Å². The van der Waals surface area contributed by atoms with Gasteiger partial charge in [0.05, 0.1) is 25.5 Å². The van der Waals surface area contributed by atoms with Gasteiger partial charge in [-0.05, 0) is 50.6 Å². The number of carbonyl (C=O) groups excluding carboxylic acids is 2. The van der Waals surface area contributed by atoms with E-state index in [0.29, 0.717) is 33.8 Å². The number of benzene rings is 1. The zero-order valence-electron chi connectivity index (χ0n) is 19.8. The van der Waals surface area contributed by atoms with E-state index in [-0.39, 0.29) is 17.8 Å². The first kappa shape index (κ1) is 25.6. The van der Waals surface area contributed by atoms with E-state index < -0.39 is 5.97 Å². The number of esters is 1. The first-order valence-corrected chi connectivity index (χ1v) is 12.6. The van der Waals surface area contributed by atoms with Crippen LogP contribution in [0.15, 0.2) is 35.5 Å². The summed E-state index contributed by atoms with van der Waals surface area (Å²) in [5, 5.41) is 12.5. The highest BCUT2D eigenvalue weighted by Crippen LogP contribution is 2.30. The number of hydrogen-bond donors (Lipinski definition) is 1. The molecule has 0 saturated carbocycles. The molecule has 1 aromatic carbocycles. The molecule has 0 aliphatic rings. The minimum Gasteiger partial charge on any atom is -0.497 e. The second-order valence-corrected chi connectivity index (χ2v) is 9.24. The Hall–Kier alpha value is -3.05. The molecule has 2 heterocycles. The van der Waals surface area contributed by atoms with E-state index in [1.807, 2.05) is 49.6 Å². The van der Waals surface area contributed by atoms with Crippen molar-refractivity contribution in [3.05, 3.63) is 46.6 Å². The lowest BCUT2D eigenvalue weighted by atomic mass is 10.2. The molecular formula is C23H28N4O5S2. The zero-order valence-corrected chi connectivity index (χ0v) is 21.4. The van der Waals surface area contributed by atoms with Crippen LogP contribution in [-0.4, -0.2) is 46.6 Å². The fraction of sp³-hybridized carbons (Fsp3) is 0.391. The molecule has 2 aromatic heterocycles. The van der Waals surface area contributed by atoms with Gasteiger partial charge >= 0.3 is 5.97 Å². The molecule has 0 fully saturated rings. The minimum absolute atomic E-state index is 0.117. The summed E-state index contributed by atoms with van der Waals surface area (Å²) in [5.41, 5.74) is 0.367. The molecule has 182 valence electrons. The molecular weight excluding hydrogens is 476 g/mol. The molecule has 0 saturated heterocycles. The Kier molecular flexibility index (Phi) is 8.94. The van der Waals surface area contributed by atoms with E-state index in [1.54, 1.807) is 13.2 Å². The van der Waals surface area contributed by atoms with Crippen LogP contribution >= 0.6 is 23.1 Å². The van der Waals surface area contributed by atoms with Crippen LogP contribution in [0.3, 0.4) is 0 Å². The van der Waals surface area contributed by atoms with Gasteiger partial charge < -0.3 is 24.1 Å². The van der Waals surface area contributed by atoms with Crippen LogP contribution in [0.4, 0.5) is 5.00 Å². The predicted molar refractivity (Wildman–Crippen MR) is 132 cm³/mol.